The number of carboxylic acids is 1. The minimum Gasteiger partial charge on any atom is -0.478 e. The molecule has 1 N–H and O–H groups in total. The minimum atomic E-state index is -0.960. The Balaban J connectivity index is 1.98. The molecule has 0 bridgehead atoms. The summed E-state index contributed by atoms with van der Waals surface area (Å²) in [5.74, 6) is 0.294. The third kappa shape index (κ3) is 2.72. The highest BCUT2D eigenvalue weighted by atomic mass is 16.5. The average Bonchev–Trinajstić information content (AvgIpc) is 2.49. The van der Waals surface area contributed by atoms with Gasteiger partial charge in [0.25, 0.3) is 0 Å². The molecule has 3 aromatic carbocycles. The predicted molar refractivity (Wildman–Crippen MR) is 82.2 cm³/mol. The van der Waals surface area contributed by atoms with Crippen molar-refractivity contribution in [2.45, 2.75) is 6.92 Å². The molecule has 0 aliphatic rings. The summed E-state index contributed by atoms with van der Waals surface area (Å²) in [6, 6.07) is 18.7. The zero-order valence-corrected chi connectivity index (χ0v) is 11.5. The highest BCUT2D eigenvalue weighted by Crippen LogP contribution is 2.28. The lowest BCUT2D eigenvalue weighted by molar-refractivity contribution is 0.0696. The first-order valence-electron chi connectivity index (χ1n) is 6.64. The van der Waals surface area contributed by atoms with Crippen LogP contribution in [0.3, 0.4) is 0 Å². The number of aromatic carboxylic acids is 1. The number of rotatable bonds is 3. The number of carbonyl (C=O) groups is 1. The molecule has 0 aliphatic carbocycles. The summed E-state index contributed by atoms with van der Waals surface area (Å²) in [6.45, 7) is 1.89. The van der Waals surface area contributed by atoms with Gasteiger partial charge in [-0.25, -0.2) is 4.79 Å². The lowest BCUT2D eigenvalue weighted by atomic mass is 10.1. The summed E-state index contributed by atoms with van der Waals surface area (Å²) >= 11 is 0. The number of ether oxygens (including phenoxy) is 1. The van der Waals surface area contributed by atoms with Crippen molar-refractivity contribution in [2.75, 3.05) is 0 Å². The monoisotopic (exact) mass is 278 g/mol. The van der Waals surface area contributed by atoms with Gasteiger partial charge in [0.15, 0.2) is 0 Å². The molecule has 0 fully saturated rings. The Morgan fingerprint density at radius 3 is 2.48 bits per heavy atom. The summed E-state index contributed by atoms with van der Waals surface area (Å²) in [4.78, 5) is 11.0. The van der Waals surface area contributed by atoms with Crippen LogP contribution in [0.2, 0.25) is 0 Å². The van der Waals surface area contributed by atoms with Crippen LogP contribution in [0, 0.1) is 6.92 Å². The third-order valence-corrected chi connectivity index (χ3v) is 3.38. The van der Waals surface area contributed by atoms with E-state index < -0.39 is 5.97 Å². The normalized spacial score (nSPS) is 10.5. The number of hydrogen-bond acceptors (Lipinski definition) is 2. The Hall–Kier alpha value is -2.81. The highest BCUT2D eigenvalue weighted by molar-refractivity contribution is 5.88. The first-order chi connectivity index (χ1) is 10.1. The summed E-state index contributed by atoms with van der Waals surface area (Å²) < 4.78 is 5.84. The molecule has 0 atom stereocenters. The van der Waals surface area contributed by atoms with Crippen molar-refractivity contribution < 1.29 is 14.6 Å². The van der Waals surface area contributed by atoms with Crippen molar-refractivity contribution in [1.29, 1.82) is 0 Å². The van der Waals surface area contributed by atoms with Crippen LogP contribution in [0.25, 0.3) is 10.8 Å². The SMILES string of the molecule is Cc1ccc(C(=O)O)cc1Oc1ccc2ccccc2c1. The van der Waals surface area contributed by atoms with Crippen LogP contribution >= 0.6 is 0 Å². The van der Waals surface area contributed by atoms with E-state index in [4.69, 9.17) is 9.84 Å². The second kappa shape index (κ2) is 5.29. The van der Waals surface area contributed by atoms with Crippen molar-refractivity contribution in [3.8, 4) is 11.5 Å². The van der Waals surface area contributed by atoms with E-state index in [0.717, 1.165) is 16.3 Å². The van der Waals surface area contributed by atoms with E-state index in [1.54, 1.807) is 18.2 Å². The Morgan fingerprint density at radius 1 is 0.952 bits per heavy atom. The first kappa shape index (κ1) is 13.2. The van der Waals surface area contributed by atoms with E-state index in [2.05, 4.69) is 0 Å². The van der Waals surface area contributed by atoms with Gasteiger partial charge in [-0.1, -0.05) is 36.4 Å². The van der Waals surface area contributed by atoms with Gasteiger partial charge in [-0.05, 0) is 47.5 Å². The fourth-order valence-corrected chi connectivity index (χ4v) is 2.20. The lowest BCUT2D eigenvalue weighted by Gasteiger charge is -2.10. The second-order valence-corrected chi connectivity index (χ2v) is 4.90. The Morgan fingerprint density at radius 2 is 1.71 bits per heavy atom. The van der Waals surface area contributed by atoms with E-state index in [1.165, 1.54) is 0 Å². The summed E-state index contributed by atoms with van der Waals surface area (Å²) in [6.07, 6.45) is 0. The van der Waals surface area contributed by atoms with Crippen molar-refractivity contribution in [3.05, 3.63) is 71.8 Å². The van der Waals surface area contributed by atoms with Crippen LogP contribution in [0.5, 0.6) is 11.5 Å². The van der Waals surface area contributed by atoms with Gasteiger partial charge in [0.2, 0.25) is 0 Å². The van der Waals surface area contributed by atoms with Crippen molar-refractivity contribution in [3.63, 3.8) is 0 Å². The predicted octanol–water partition coefficient (Wildman–Crippen LogP) is 4.64. The molecule has 0 heterocycles. The van der Waals surface area contributed by atoms with Crippen LogP contribution < -0.4 is 4.74 Å². The molecule has 0 unspecified atom stereocenters. The first-order valence-corrected chi connectivity index (χ1v) is 6.64. The summed E-state index contributed by atoms with van der Waals surface area (Å²) in [7, 11) is 0. The van der Waals surface area contributed by atoms with E-state index in [-0.39, 0.29) is 5.56 Å². The molecule has 0 aliphatic heterocycles. The molecule has 0 spiro atoms. The molecular weight excluding hydrogens is 264 g/mol. The van der Waals surface area contributed by atoms with Gasteiger partial charge in [-0.3, -0.25) is 0 Å². The quantitative estimate of drug-likeness (QED) is 0.759. The smallest absolute Gasteiger partial charge is 0.335 e. The summed E-state index contributed by atoms with van der Waals surface area (Å²) in [5, 5.41) is 11.3. The zero-order chi connectivity index (χ0) is 14.8. The number of hydrogen-bond donors (Lipinski definition) is 1. The molecule has 0 saturated carbocycles. The van der Waals surface area contributed by atoms with Gasteiger partial charge < -0.3 is 9.84 Å². The average molecular weight is 278 g/mol. The number of fused-ring (bicyclic) bond motifs is 1. The topological polar surface area (TPSA) is 46.5 Å². The van der Waals surface area contributed by atoms with Crippen LogP contribution in [0.15, 0.2) is 60.7 Å². The van der Waals surface area contributed by atoms with Gasteiger partial charge in [0.05, 0.1) is 5.56 Å². The molecule has 0 aromatic heterocycles. The van der Waals surface area contributed by atoms with E-state index in [9.17, 15) is 4.79 Å². The maximum absolute atomic E-state index is 11.0. The molecule has 104 valence electrons. The maximum Gasteiger partial charge on any atom is 0.335 e. The van der Waals surface area contributed by atoms with Crippen molar-refractivity contribution >= 4 is 16.7 Å². The Kier molecular flexibility index (Phi) is 3.32. The van der Waals surface area contributed by atoms with Crippen LogP contribution in [0.1, 0.15) is 15.9 Å². The lowest BCUT2D eigenvalue weighted by Crippen LogP contribution is -1.97. The van der Waals surface area contributed by atoms with E-state index in [1.807, 2.05) is 49.4 Å². The Bertz CT molecular complexity index is 822. The van der Waals surface area contributed by atoms with Crippen molar-refractivity contribution in [1.82, 2.24) is 0 Å². The third-order valence-electron chi connectivity index (χ3n) is 3.38. The molecule has 0 saturated heterocycles. The zero-order valence-electron chi connectivity index (χ0n) is 11.5. The Labute approximate surface area is 122 Å². The fraction of sp³-hybridized carbons (Fsp3) is 0.0556. The second-order valence-electron chi connectivity index (χ2n) is 4.90. The maximum atomic E-state index is 11.0. The van der Waals surface area contributed by atoms with Crippen LogP contribution in [-0.4, -0.2) is 11.1 Å². The van der Waals surface area contributed by atoms with E-state index in [0.29, 0.717) is 11.5 Å². The molecular formula is C18H14O3. The van der Waals surface area contributed by atoms with Gasteiger partial charge in [-0.15, -0.1) is 0 Å². The van der Waals surface area contributed by atoms with Crippen molar-refractivity contribution in [2.24, 2.45) is 0 Å². The van der Waals surface area contributed by atoms with Gasteiger partial charge >= 0.3 is 5.97 Å². The molecule has 3 heteroatoms. The number of aryl methyl sites for hydroxylation is 1. The largest absolute Gasteiger partial charge is 0.478 e. The van der Waals surface area contributed by atoms with E-state index >= 15 is 0 Å². The van der Waals surface area contributed by atoms with Crippen LogP contribution in [-0.2, 0) is 0 Å². The summed E-state index contributed by atoms with van der Waals surface area (Å²) in [5.41, 5.74) is 1.12. The number of carboxylic acid groups (broad SMARTS) is 1. The van der Waals surface area contributed by atoms with Gasteiger partial charge in [0, 0.05) is 0 Å². The van der Waals surface area contributed by atoms with Gasteiger partial charge in [-0.2, -0.15) is 0 Å². The van der Waals surface area contributed by atoms with Gasteiger partial charge in [0.1, 0.15) is 11.5 Å². The fourth-order valence-electron chi connectivity index (χ4n) is 2.20. The minimum absolute atomic E-state index is 0.219. The molecule has 0 amide bonds. The van der Waals surface area contributed by atoms with Crippen LogP contribution in [0.4, 0.5) is 0 Å². The standard InChI is InChI=1S/C18H14O3/c1-12-6-7-15(18(19)20)11-17(12)21-16-9-8-13-4-2-3-5-14(13)10-16/h2-11H,1H3,(H,19,20). The molecule has 3 rings (SSSR count). The number of benzene rings is 3. The molecule has 3 nitrogen and oxygen atoms in total. The molecule has 3 aromatic rings. The molecule has 21 heavy (non-hydrogen) atoms. The molecule has 0 radical (unpaired) electrons. The highest BCUT2D eigenvalue weighted by Gasteiger charge is 2.08.